The van der Waals surface area contributed by atoms with Gasteiger partial charge in [0.1, 0.15) is 6.04 Å². The first-order valence-corrected chi connectivity index (χ1v) is 4.83. The highest BCUT2D eigenvalue weighted by Crippen LogP contribution is 2.29. The van der Waals surface area contributed by atoms with E-state index in [1.54, 1.807) is 12.1 Å². The molecule has 1 heterocycles. The predicted octanol–water partition coefficient (Wildman–Crippen LogP) is 0.878. The number of nitriles is 2. The number of piperazine rings is 1. The molecular formula is C9H10F4N4. The first kappa shape index (κ1) is 13.7. The van der Waals surface area contributed by atoms with Crippen LogP contribution >= 0.6 is 0 Å². The quantitative estimate of drug-likeness (QED) is 0.414. The van der Waals surface area contributed by atoms with Gasteiger partial charge in [0.05, 0.1) is 25.2 Å². The lowest BCUT2D eigenvalue weighted by Gasteiger charge is -2.41. The van der Waals surface area contributed by atoms with Gasteiger partial charge in [-0.15, -0.1) is 0 Å². The molecule has 0 spiro atoms. The largest absolute Gasteiger partial charge is 0.405 e. The molecule has 1 fully saturated rings. The van der Waals surface area contributed by atoms with Crippen molar-refractivity contribution in [3.63, 3.8) is 0 Å². The summed E-state index contributed by atoms with van der Waals surface area (Å²) < 4.78 is 51.4. The van der Waals surface area contributed by atoms with E-state index in [4.69, 9.17) is 10.5 Å². The van der Waals surface area contributed by atoms with Gasteiger partial charge in [0.25, 0.3) is 0 Å². The highest BCUT2D eigenvalue weighted by Gasteiger charge is 2.48. The molecule has 0 amide bonds. The van der Waals surface area contributed by atoms with Crippen LogP contribution in [0, 0.1) is 22.7 Å². The highest BCUT2D eigenvalue weighted by atomic mass is 19.4. The second kappa shape index (κ2) is 5.30. The second-order valence-corrected chi connectivity index (χ2v) is 3.67. The highest BCUT2D eigenvalue weighted by molar-refractivity contribution is 4.94. The normalized spacial score (nSPS) is 27.4. The van der Waals surface area contributed by atoms with Crippen LogP contribution in [0.3, 0.4) is 0 Å². The number of hydrogen-bond acceptors (Lipinski definition) is 4. The van der Waals surface area contributed by atoms with Crippen LogP contribution in [0.25, 0.3) is 0 Å². The molecule has 0 aromatic carbocycles. The van der Waals surface area contributed by atoms with Crippen molar-refractivity contribution in [1.82, 2.24) is 9.80 Å². The third-order valence-electron chi connectivity index (χ3n) is 2.56. The van der Waals surface area contributed by atoms with E-state index in [0.29, 0.717) is 0 Å². The van der Waals surface area contributed by atoms with Crippen LogP contribution in [0.4, 0.5) is 17.6 Å². The van der Waals surface area contributed by atoms with Crippen molar-refractivity contribution < 1.29 is 17.6 Å². The monoisotopic (exact) mass is 250 g/mol. The Labute approximate surface area is 95.6 Å². The molecule has 1 saturated heterocycles. The van der Waals surface area contributed by atoms with E-state index in [1.165, 1.54) is 0 Å². The Morgan fingerprint density at radius 1 is 1.06 bits per heavy atom. The maximum Gasteiger partial charge on any atom is 0.405 e. The van der Waals surface area contributed by atoms with Crippen LogP contribution in [-0.2, 0) is 0 Å². The summed E-state index contributed by atoms with van der Waals surface area (Å²) in [5.74, 6) is 0. The number of rotatable bonds is 2. The zero-order valence-electron chi connectivity index (χ0n) is 8.78. The molecule has 0 bridgehead atoms. The van der Waals surface area contributed by atoms with Crippen LogP contribution in [-0.4, -0.2) is 54.5 Å². The van der Waals surface area contributed by atoms with Gasteiger partial charge in [-0.05, 0) is 0 Å². The van der Waals surface area contributed by atoms with E-state index in [-0.39, 0.29) is 0 Å². The molecule has 0 N–H and O–H groups in total. The lowest BCUT2D eigenvalue weighted by molar-refractivity contribution is -0.206. The predicted molar refractivity (Wildman–Crippen MR) is 49.1 cm³/mol. The lowest BCUT2D eigenvalue weighted by Crippen LogP contribution is -2.61. The van der Waals surface area contributed by atoms with Crippen LogP contribution in [0.1, 0.15) is 0 Å². The van der Waals surface area contributed by atoms with E-state index in [0.717, 1.165) is 9.80 Å². The van der Waals surface area contributed by atoms with E-state index in [9.17, 15) is 17.6 Å². The summed E-state index contributed by atoms with van der Waals surface area (Å²) in [4.78, 5) is 1.57. The van der Waals surface area contributed by atoms with Crippen molar-refractivity contribution in [2.75, 3.05) is 26.2 Å². The Morgan fingerprint density at radius 2 is 1.59 bits per heavy atom. The number of hydrogen-bond donors (Lipinski definition) is 0. The number of halogens is 4. The molecule has 2 unspecified atom stereocenters. The Bertz CT molecular complexity index is 342. The molecule has 94 valence electrons. The van der Waals surface area contributed by atoms with Gasteiger partial charge in [0.15, 0.2) is 6.30 Å². The number of alkyl halides is 4. The molecule has 8 heteroatoms. The molecule has 17 heavy (non-hydrogen) atoms. The van der Waals surface area contributed by atoms with Gasteiger partial charge in [-0.3, -0.25) is 9.80 Å². The third kappa shape index (κ3) is 3.29. The zero-order valence-corrected chi connectivity index (χ0v) is 8.78. The molecule has 2 atom stereocenters. The van der Waals surface area contributed by atoms with Crippen molar-refractivity contribution in [3.8, 4) is 12.1 Å². The number of nitrogens with zero attached hydrogens (tertiary/aromatic N) is 4. The molecule has 0 aromatic heterocycles. The van der Waals surface area contributed by atoms with Crippen molar-refractivity contribution in [2.24, 2.45) is 0 Å². The minimum absolute atomic E-state index is 0.395. The standard InChI is InChI=1S/C9H10F4N4/c10-8-6-16(3-1-14)7(9(11,12)13)5-17(8)4-2-15/h7-8H,3-6H2. The van der Waals surface area contributed by atoms with Crippen LogP contribution in [0.15, 0.2) is 0 Å². The van der Waals surface area contributed by atoms with Crippen LogP contribution < -0.4 is 0 Å². The fraction of sp³-hybridized carbons (Fsp3) is 0.778. The van der Waals surface area contributed by atoms with Crippen LogP contribution in [0.2, 0.25) is 0 Å². The minimum Gasteiger partial charge on any atom is -0.274 e. The summed E-state index contributed by atoms with van der Waals surface area (Å²) in [6.45, 7) is -2.02. The van der Waals surface area contributed by atoms with Crippen LogP contribution in [0.5, 0.6) is 0 Å². The second-order valence-electron chi connectivity index (χ2n) is 3.67. The molecule has 0 aromatic rings. The SMILES string of the molecule is N#CCN1CC(C(F)(F)F)N(CC#N)CC1F. The maximum absolute atomic E-state index is 13.4. The first-order chi connectivity index (χ1) is 7.90. The van der Waals surface area contributed by atoms with Crippen molar-refractivity contribution >= 4 is 0 Å². The maximum atomic E-state index is 13.4. The summed E-state index contributed by atoms with van der Waals surface area (Å²) in [5, 5.41) is 16.8. The van der Waals surface area contributed by atoms with Gasteiger partial charge in [-0.2, -0.15) is 23.7 Å². The fourth-order valence-corrected chi connectivity index (χ4v) is 1.72. The average Bonchev–Trinajstić information content (AvgIpc) is 2.20. The lowest BCUT2D eigenvalue weighted by atomic mass is 10.1. The Balaban J connectivity index is 2.83. The van der Waals surface area contributed by atoms with Gasteiger partial charge >= 0.3 is 6.18 Å². The van der Waals surface area contributed by atoms with Crippen molar-refractivity contribution in [1.29, 1.82) is 10.5 Å². The summed E-state index contributed by atoms with van der Waals surface area (Å²) in [6.07, 6.45) is -6.19. The zero-order chi connectivity index (χ0) is 13.1. The average molecular weight is 250 g/mol. The molecule has 1 rings (SSSR count). The van der Waals surface area contributed by atoms with E-state index >= 15 is 0 Å². The smallest absolute Gasteiger partial charge is 0.274 e. The Kier molecular flexibility index (Phi) is 4.27. The van der Waals surface area contributed by atoms with Gasteiger partial charge in [0, 0.05) is 13.1 Å². The molecule has 0 aliphatic carbocycles. The Morgan fingerprint density at radius 3 is 2.06 bits per heavy atom. The third-order valence-corrected chi connectivity index (χ3v) is 2.56. The molecule has 1 aliphatic heterocycles. The summed E-state index contributed by atoms with van der Waals surface area (Å²) in [6, 6.07) is 1.30. The summed E-state index contributed by atoms with van der Waals surface area (Å²) >= 11 is 0. The molecule has 0 saturated carbocycles. The molecule has 4 nitrogen and oxygen atoms in total. The van der Waals surface area contributed by atoms with Crippen molar-refractivity contribution in [2.45, 2.75) is 18.5 Å². The molecular weight excluding hydrogens is 240 g/mol. The Hall–Kier alpha value is -1.38. The van der Waals surface area contributed by atoms with Crippen molar-refractivity contribution in [3.05, 3.63) is 0 Å². The van der Waals surface area contributed by atoms with Gasteiger partial charge in [-0.25, -0.2) is 4.39 Å². The van der Waals surface area contributed by atoms with E-state index in [1.807, 2.05) is 0 Å². The topological polar surface area (TPSA) is 54.1 Å². The molecule has 1 aliphatic rings. The summed E-state index contributed by atoms with van der Waals surface area (Å²) in [7, 11) is 0. The van der Waals surface area contributed by atoms with E-state index in [2.05, 4.69) is 0 Å². The van der Waals surface area contributed by atoms with Gasteiger partial charge in [0.2, 0.25) is 0 Å². The minimum atomic E-state index is -4.54. The van der Waals surface area contributed by atoms with Gasteiger partial charge < -0.3 is 0 Å². The summed E-state index contributed by atoms with van der Waals surface area (Å²) in [5.41, 5.74) is 0. The van der Waals surface area contributed by atoms with E-state index < -0.39 is 44.7 Å². The van der Waals surface area contributed by atoms with Gasteiger partial charge in [-0.1, -0.05) is 0 Å². The fourth-order valence-electron chi connectivity index (χ4n) is 1.72. The molecule has 0 radical (unpaired) electrons. The first-order valence-electron chi connectivity index (χ1n) is 4.83.